The van der Waals surface area contributed by atoms with Crippen LogP contribution in [-0.2, 0) is 4.79 Å². The summed E-state index contributed by atoms with van der Waals surface area (Å²) in [6, 6.07) is 5.34. The van der Waals surface area contributed by atoms with E-state index in [0.29, 0.717) is 35.6 Å². The van der Waals surface area contributed by atoms with Gasteiger partial charge in [0.05, 0.1) is 5.25 Å². The summed E-state index contributed by atoms with van der Waals surface area (Å²) >= 11 is 1.31. The van der Waals surface area contributed by atoms with Gasteiger partial charge in [0.15, 0.2) is 16.7 Å². The van der Waals surface area contributed by atoms with E-state index in [1.54, 1.807) is 25.1 Å². The molecule has 0 spiro atoms. The third-order valence-corrected chi connectivity index (χ3v) is 3.85. The van der Waals surface area contributed by atoms with Crippen molar-refractivity contribution in [1.82, 2.24) is 15.2 Å². The molecule has 2 heterocycles. The molecule has 0 bridgehead atoms. The lowest BCUT2D eigenvalue weighted by Gasteiger charge is -2.19. The molecule has 8 heteroatoms. The highest BCUT2D eigenvalue weighted by Gasteiger charge is 2.17. The van der Waals surface area contributed by atoms with Crippen molar-refractivity contribution < 1.29 is 14.3 Å². The monoisotopic (exact) mass is 306 g/mol. The van der Waals surface area contributed by atoms with E-state index in [0.717, 1.165) is 0 Å². The Morgan fingerprint density at radius 1 is 1.38 bits per heavy atom. The number of amides is 1. The molecule has 0 radical (unpaired) electrons. The van der Waals surface area contributed by atoms with E-state index < -0.39 is 0 Å². The minimum Gasteiger partial charge on any atom is -0.486 e. The van der Waals surface area contributed by atoms with Crippen molar-refractivity contribution in [2.45, 2.75) is 17.3 Å². The number of nitrogens with zero attached hydrogens (tertiary/aromatic N) is 2. The number of carbonyl (C=O) groups excluding carboxylic acids is 1. The third kappa shape index (κ3) is 3.27. The number of H-pyrrole nitrogens is 1. The van der Waals surface area contributed by atoms with Crippen LogP contribution in [0.15, 0.2) is 29.7 Å². The van der Waals surface area contributed by atoms with Crippen LogP contribution in [0.25, 0.3) is 0 Å². The normalized spacial score (nSPS) is 14.5. The van der Waals surface area contributed by atoms with E-state index in [-0.39, 0.29) is 11.2 Å². The Hall–Kier alpha value is -2.22. The predicted molar refractivity (Wildman–Crippen MR) is 77.8 cm³/mol. The zero-order valence-electron chi connectivity index (χ0n) is 11.3. The zero-order valence-corrected chi connectivity index (χ0v) is 12.1. The average molecular weight is 306 g/mol. The molecule has 110 valence electrons. The molecule has 1 aromatic carbocycles. The molecule has 1 aliphatic rings. The number of hydrogen-bond acceptors (Lipinski definition) is 6. The van der Waals surface area contributed by atoms with Gasteiger partial charge in [-0.2, -0.15) is 5.10 Å². The predicted octanol–water partition coefficient (Wildman–Crippen LogP) is 1.70. The molecular formula is C13H14N4O3S. The molecular weight excluding hydrogens is 292 g/mol. The van der Waals surface area contributed by atoms with Gasteiger partial charge in [-0.05, 0) is 19.1 Å². The fraction of sp³-hybridized carbons (Fsp3) is 0.308. The van der Waals surface area contributed by atoms with Crippen molar-refractivity contribution in [3.63, 3.8) is 0 Å². The highest BCUT2D eigenvalue weighted by Crippen LogP contribution is 2.32. The molecule has 2 aromatic rings. The van der Waals surface area contributed by atoms with Gasteiger partial charge in [0, 0.05) is 11.8 Å². The molecule has 1 atom stereocenters. The van der Waals surface area contributed by atoms with Crippen LogP contribution in [0.3, 0.4) is 0 Å². The Kier molecular flexibility index (Phi) is 3.96. The minimum absolute atomic E-state index is 0.118. The number of carbonyl (C=O) groups is 1. The van der Waals surface area contributed by atoms with Gasteiger partial charge in [-0.15, -0.1) is 0 Å². The maximum Gasteiger partial charge on any atom is 0.237 e. The van der Waals surface area contributed by atoms with Crippen molar-refractivity contribution in [3.8, 4) is 11.5 Å². The van der Waals surface area contributed by atoms with Crippen LogP contribution in [0.1, 0.15) is 6.92 Å². The van der Waals surface area contributed by atoms with Crippen LogP contribution in [0.5, 0.6) is 11.5 Å². The first-order valence-corrected chi connectivity index (χ1v) is 7.33. The topological polar surface area (TPSA) is 89.1 Å². The maximum absolute atomic E-state index is 12.1. The van der Waals surface area contributed by atoms with Crippen molar-refractivity contribution in [2.75, 3.05) is 18.5 Å². The largest absolute Gasteiger partial charge is 0.486 e. The molecule has 1 amide bonds. The van der Waals surface area contributed by atoms with E-state index >= 15 is 0 Å². The number of benzene rings is 1. The van der Waals surface area contributed by atoms with E-state index in [9.17, 15) is 4.79 Å². The van der Waals surface area contributed by atoms with Crippen molar-refractivity contribution >= 4 is 23.4 Å². The fourth-order valence-electron chi connectivity index (χ4n) is 1.84. The van der Waals surface area contributed by atoms with Crippen molar-refractivity contribution in [1.29, 1.82) is 0 Å². The summed E-state index contributed by atoms with van der Waals surface area (Å²) in [5.41, 5.74) is 0.675. The quantitative estimate of drug-likeness (QED) is 0.836. The number of nitrogens with one attached hydrogen (secondary N) is 2. The second-order valence-electron chi connectivity index (χ2n) is 4.40. The summed E-state index contributed by atoms with van der Waals surface area (Å²) in [5.74, 6) is 1.23. The number of anilines is 1. The van der Waals surface area contributed by atoms with Crippen LogP contribution in [0.2, 0.25) is 0 Å². The lowest BCUT2D eigenvalue weighted by Crippen LogP contribution is -2.23. The summed E-state index contributed by atoms with van der Waals surface area (Å²) in [7, 11) is 0. The molecule has 0 unspecified atom stereocenters. The molecule has 3 rings (SSSR count). The van der Waals surface area contributed by atoms with Gasteiger partial charge in [0.25, 0.3) is 0 Å². The number of hydrogen-bond donors (Lipinski definition) is 2. The van der Waals surface area contributed by atoms with Gasteiger partial charge in [0.2, 0.25) is 5.91 Å². The van der Waals surface area contributed by atoms with Crippen LogP contribution in [0, 0.1) is 0 Å². The number of aromatic amines is 1. The van der Waals surface area contributed by atoms with Crippen LogP contribution in [-0.4, -0.2) is 39.6 Å². The summed E-state index contributed by atoms with van der Waals surface area (Å²) in [5, 5.41) is 9.62. The van der Waals surface area contributed by atoms with Crippen molar-refractivity contribution in [3.05, 3.63) is 24.5 Å². The van der Waals surface area contributed by atoms with Crippen LogP contribution >= 0.6 is 11.8 Å². The smallest absolute Gasteiger partial charge is 0.237 e. The number of fused-ring (bicyclic) bond motifs is 1. The lowest BCUT2D eigenvalue weighted by atomic mass is 10.2. The van der Waals surface area contributed by atoms with E-state index in [4.69, 9.17) is 9.47 Å². The van der Waals surface area contributed by atoms with Crippen molar-refractivity contribution in [2.24, 2.45) is 0 Å². The first-order chi connectivity index (χ1) is 10.2. The molecule has 1 aromatic heterocycles. The molecule has 0 aliphatic carbocycles. The summed E-state index contributed by atoms with van der Waals surface area (Å²) in [4.78, 5) is 16.1. The van der Waals surface area contributed by atoms with E-state index in [2.05, 4.69) is 20.5 Å². The second kappa shape index (κ2) is 6.04. The number of aromatic nitrogens is 3. The number of ether oxygens (including phenoxy) is 2. The molecule has 0 saturated heterocycles. The molecule has 2 N–H and O–H groups in total. The summed E-state index contributed by atoms with van der Waals surface area (Å²) in [6.45, 7) is 2.87. The Balaban J connectivity index is 1.64. The molecule has 21 heavy (non-hydrogen) atoms. The Labute approximate surface area is 125 Å². The van der Waals surface area contributed by atoms with Gasteiger partial charge in [0.1, 0.15) is 19.5 Å². The van der Waals surface area contributed by atoms with Crippen LogP contribution < -0.4 is 14.8 Å². The Bertz CT molecular complexity index is 632. The average Bonchev–Trinajstić information content (AvgIpc) is 3.00. The standard InChI is InChI=1S/C13H14N4O3S/c1-8(21-13-14-7-15-17-13)12(18)16-9-2-3-10-11(6-9)20-5-4-19-10/h2-3,6-8H,4-5H2,1H3,(H,16,18)(H,14,15,17)/t8-/m1/s1. The molecule has 1 aliphatic heterocycles. The third-order valence-electron chi connectivity index (χ3n) is 2.86. The zero-order chi connectivity index (χ0) is 14.7. The lowest BCUT2D eigenvalue weighted by molar-refractivity contribution is -0.115. The van der Waals surface area contributed by atoms with Crippen LogP contribution in [0.4, 0.5) is 5.69 Å². The highest BCUT2D eigenvalue weighted by molar-refractivity contribution is 8.00. The fourth-order valence-corrected chi connectivity index (χ4v) is 2.55. The maximum atomic E-state index is 12.1. The Morgan fingerprint density at radius 2 is 2.19 bits per heavy atom. The number of rotatable bonds is 4. The van der Waals surface area contributed by atoms with E-state index in [1.807, 2.05) is 0 Å². The SMILES string of the molecule is C[C@@H](Sc1ncn[nH]1)C(=O)Nc1ccc2c(c1)OCCO2. The number of thioether (sulfide) groups is 1. The summed E-state index contributed by atoms with van der Waals surface area (Å²) < 4.78 is 10.9. The van der Waals surface area contributed by atoms with Gasteiger partial charge in [-0.1, -0.05) is 11.8 Å². The summed E-state index contributed by atoms with van der Waals surface area (Å²) in [6.07, 6.45) is 1.41. The van der Waals surface area contributed by atoms with Gasteiger partial charge >= 0.3 is 0 Å². The van der Waals surface area contributed by atoms with Gasteiger partial charge in [-0.3, -0.25) is 9.89 Å². The first kappa shape index (κ1) is 13.7. The minimum atomic E-state index is -0.300. The molecule has 0 saturated carbocycles. The first-order valence-electron chi connectivity index (χ1n) is 6.45. The highest BCUT2D eigenvalue weighted by atomic mass is 32.2. The van der Waals surface area contributed by atoms with Gasteiger partial charge < -0.3 is 14.8 Å². The van der Waals surface area contributed by atoms with E-state index in [1.165, 1.54) is 18.1 Å². The molecule has 0 fully saturated rings. The van der Waals surface area contributed by atoms with Gasteiger partial charge in [-0.25, -0.2) is 4.98 Å². The Morgan fingerprint density at radius 3 is 2.95 bits per heavy atom. The molecule has 7 nitrogen and oxygen atoms in total. The second-order valence-corrected chi connectivity index (χ2v) is 5.73.